The first-order chi connectivity index (χ1) is 11.9. The van der Waals surface area contributed by atoms with Gasteiger partial charge in [0.25, 0.3) is 0 Å². The number of ether oxygens (including phenoxy) is 1. The lowest BCUT2D eigenvalue weighted by Gasteiger charge is -2.25. The van der Waals surface area contributed by atoms with E-state index in [1.54, 1.807) is 4.31 Å². The molecule has 1 aromatic rings. The smallest absolute Gasteiger partial charge is 0.424 e. The third-order valence-corrected chi connectivity index (χ3v) is 5.39. The molecule has 1 aromatic carbocycles. The molecule has 1 amide bonds. The van der Waals surface area contributed by atoms with Gasteiger partial charge >= 0.3 is 6.09 Å². The van der Waals surface area contributed by atoms with Gasteiger partial charge in [0.2, 0.25) is 0 Å². The molecule has 2 aliphatic rings. The van der Waals surface area contributed by atoms with Crippen LogP contribution >= 0.6 is 11.9 Å². The summed E-state index contributed by atoms with van der Waals surface area (Å²) < 4.78 is 7.30. The van der Waals surface area contributed by atoms with Crippen molar-refractivity contribution in [1.29, 1.82) is 0 Å². The normalized spacial score (nSPS) is 23.2. The molecule has 0 heterocycles. The minimum atomic E-state index is -0.484. The van der Waals surface area contributed by atoms with Crippen LogP contribution in [-0.2, 0) is 11.2 Å². The summed E-state index contributed by atoms with van der Waals surface area (Å²) in [5, 5.41) is 0. The van der Waals surface area contributed by atoms with Crippen molar-refractivity contribution in [3.8, 4) is 0 Å². The second-order valence-electron chi connectivity index (χ2n) is 7.77. The Morgan fingerprint density at radius 1 is 1.28 bits per heavy atom. The van der Waals surface area contributed by atoms with E-state index in [1.165, 1.54) is 29.5 Å². The number of carbonyl (C=O) groups is 1. The maximum Gasteiger partial charge on any atom is 0.424 e. The number of benzene rings is 1. The van der Waals surface area contributed by atoms with E-state index in [0.29, 0.717) is 11.8 Å². The van der Waals surface area contributed by atoms with Crippen LogP contribution in [0, 0.1) is 11.8 Å². The van der Waals surface area contributed by atoms with E-state index >= 15 is 0 Å². The topological polar surface area (TPSA) is 29.5 Å². The van der Waals surface area contributed by atoms with E-state index in [1.807, 2.05) is 33.0 Å². The number of aryl methyl sites for hydroxylation is 1. The zero-order chi connectivity index (χ0) is 17.9. The largest absolute Gasteiger partial charge is 0.443 e. The summed E-state index contributed by atoms with van der Waals surface area (Å²) >= 11 is 1.54. The number of amides is 1. The Morgan fingerprint density at radius 3 is 2.64 bits per heavy atom. The summed E-state index contributed by atoms with van der Waals surface area (Å²) in [5.41, 5.74) is 2.16. The molecule has 2 aliphatic carbocycles. The van der Waals surface area contributed by atoms with Crippen molar-refractivity contribution >= 4 is 18.0 Å². The Hall–Kier alpha value is -1.68. The van der Waals surface area contributed by atoms with Crippen molar-refractivity contribution in [3.63, 3.8) is 0 Å². The van der Waals surface area contributed by atoms with Crippen LogP contribution in [0.1, 0.15) is 39.2 Å². The number of carbonyl (C=O) groups excluding carboxylic acids is 1. The van der Waals surface area contributed by atoms with Crippen molar-refractivity contribution in [1.82, 2.24) is 4.31 Å². The van der Waals surface area contributed by atoms with Gasteiger partial charge in [-0.25, -0.2) is 9.10 Å². The van der Waals surface area contributed by atoms with Crippen molar-refractivity contribution in [2.45, 2.75) is 45.6 Å². The average molecular weight is 358 g/mol. The Morgan fingerprint density at radius 2 is 2.04 bits per heavy atom. The van der Waals surface area contributed by atoms with Crippen molar-refractivity contribution in [2.75, 3.05) is 5.75 Å². The Labute approximate surface area is 155 Å². The lowest BCUT2D eigenvalue weighted by atomic mass is 10.0. The highest BCUT2D eigenvalue weighted by Crippen LogP contribution is 2.43. The first-order valence-corrected chi connectivity index (χ1v) is 9.93. The lowest BCUT2D eigenvalue weighted by molar-refractivity contribution is 0.0452. The summed E-state index contributed by atoms with van der Waals surface area (Å²) in [6, 6.07) is 10.4. The molecule has 0 aromatic heterocycles. The highest BCUT2D eigenvalue weighted by atomic mass is 32.2. The van der Waals surface area contributed by atoms with E-state index in [0.717, 1.165) is 18.6 Å². The van der Waals surface area contributed by atoms with Gasteiger partial charge in [0.1, 0.15) is 5.60 Å². The second kappa shape index (κ2) is 7.69. The molecule has 3 rings (SSSR count). The molecule has 134 valence electrons. The molecule has 1 fully saturated rings. The van der Waals surface area contributed by atoms with Crippen LogP contribution in [0.4, 0.5) is 4.79 Å². The third kappa shape index (κ3) is 5.15. The highest BCUT2D eigenvalue weighted by molar-refractivity contribution is 7.97. The second-order valence-corrected chi connectivity index (χ2v) is 8.83. The Kier molecular flexibility index (Phi) is 5.57. The van der Waals surface area contributed by atoms with E-state index in [4.69, 9.17) is 4.74 Å². The first kappa shape index (κ1) is 18.1. The van der Waals surface area contributed by atoms with Gasteiger partial charge in [0.15, 0.2) is 0 Å². The molecule has 0 saturated heterocycles. The van der Waals surface area contributed by atoms with Crippen LogP contribution in [0.15, 0.2) is 54.3 Å². The molecule has 2 bridgehead atoms. The molecule has 0 radical (unpaired) electrons. The van der Waals surface area contributed by atoms with Gasteiger partial charge in [-0.1, -0.05) is 42.5 Å². The fraction of sp³-hybridized carbons (Fsp3) is 0.476. The molecule has 3 nitrogen and oxygen atoms in total. The molecular formula is C21H27NO2S. The number of hydrogen-bond acceptors (Lipinski definition) is 3. The number of rotatable bonds is 5. The van der Waals surface area contributed by atoms with E-state index in [-0.39, 0.29) is 6.09 Å². The molecule has 0 spiro atoms. The van der Waals surface area contributed by atoms with Gasteiger partial charge in [-0.15, -0.1) is 0 Å². The molecule has 2 atom stereocenters. The lowest BCUT2D eigenvalue weighted by Crippen LogP contribution is -2.30. The molecular weight excluding hydrogens is 330 g/mol. The van der Waals surface area contributed by atoms with Gasteiger partial charge in [0.05, 0.1) is 0 Å². The molecule has 0 unspecified atom stereocenters. The van der Waals surface area contributed by atoms with Crippen LogP contribution in [0.3, 0.4) is 0 Å². The summed E-state index contributed by atoms with van der Waals surface area (Å²) in [6.45, 7) is 5.72. The molecule has 1 saturated carbocycles. The van der Waals surface area contributed by atoms with Gasteiger partial charge in [-0.3, -0.25) is 0 Å². The monoisotopic (exact) mass is 357 g/mol. The van der Waals surface area contributed by atoms with Crippen LogP contribution in [0.25, 0.3) is 0 Å². The molecule has 4 heteroatoms. The predicted octanol–water partition coefficient (Wildman–Crippen LogP) is 5.59. The Bertz CT molecular complexity index is 660. The quantitative estimate of drug-likeness (QED) is 0.508. The minimum absolute atomic E-state index is 0.273. The zero-order valence-electron chi connectivity index (χ0n) is 15.3. The minimum Gasteiger partial charge on any atom is -0.443 e. The first-order valence-electron chi connectivity index (χ1n) is 8.99. The van der Waals surface area contributed by atoms with Gasteiger partial charge in [-0.05, 0) is 69.0 Å². The SMILES string of the molecule is CC(C)(C)OC(=O)N(/C=C1\C[C@@H]2C=C[C@H]1C2)SCCc1ccccc1. The van der Waals surface area contributed by atoms with Crippen LogP contribution < -0.4 is 0 Å². The van der Waals surface area contributed by atoms with E-state index in [2.05, 4.69) is 36.4 Å². The van der Waals surface area contributed by atoms with Crippen molar-refractivity contribution in [2.24, 2.45) is 11.8 Å². The van der Waals surface area contributed by atoms with E-state index < -0.39 is 5.60 Å². The van der Waals surface area contributed by atoms with Crippen LogP contribution in [0.2, 0.25) is 0 Å². The number of fused-ring (bicyclic) bond motifs is 2. The fourth-order valence-corrected chi connectivity index (χ4v) is 4.19. The average Bonchev–Trinajstić information content (AvgIpc) is 3.16. The summed E-state index contributed by atoms with van der Waals surface area (Å²) in [6.07, 6.45) is 9.54. The maximum absolute atomic E-state index is 12.6. The third-order valence-electron chi connectivity index (χ3n) is 4.47. The number of allylic oxidation sites excluding steroid dienone is 3. The zero-order valence-corrected chi connectivity index (χ0v) is 16.1. The summed E-state index contributed by atoms with van der Waals surface area (Å²) in [5.74, 6) is 2.01. The predicted molar refractivity (Wildman–Crippen MR) is 104 cm³/mol. The highest BCUT2D eigenvalue weighted by Gasteiger charge is 2.32. The van der Waals surface area contributed by atoms with Crippen molar-refractivity contribution in [3.05, 3.63) is 59.8 Å². The standard InChI is InChI=1S/C21H27NO2S/c1-21(2,3)24-20(23)22(15-19-14-17-9-10-18(19)13-17)25-12-11-16-7-5-4-6-8-16/h4-10,15,17-18H,11-14H2,1-3H3/b19-15+/t17-,18+/m1/s1. The number of hydrogen-bond donors (Lipinski definition) is 0. The summed E-state index contributed by atoms with van der Waals surface area (Å²) in [4.78, 5) is 12.6. The molecule has 25 heavy (non-hydrogen) atoms. The molecule has 0 aliphatic heterocycles. The Balaban J connectivity index is 1.65. The van der Waals surface area contributed by atoms with Gasteiger partial charge in [-0.2, -0.15) is 0 Å². The maximum atomic E-state index is 12.6. The van der Waals surface area contributed by atoms with Gasteiger partial charge < -0.3 is 4.74 Å². The van der Waals surface area contributed by atoms with Crippen LogP contribution in [0.5, 0.6) is 0 Å². The molecule has 0 N–H and O–H groups in total. The van der Waals surface area contributed by atoms with E-state index in [9.17, 15) is 4.79 Å². The fourth-order valence-electron chi connectivity index (χ4n) is 3.31. The summed E-state index contributed by atoms with van der Waals surface area (Å²) in [7, 11) is 0. The van der Waals surface area contributed by atoms with Crippen molar-refractivity contribution < 1.29 is 9.53 Å². The van der Waals surface area contributed by atoms with Crippen LogP contribution in [-0.4, -0.2) is 21.8 Å². The number of nitrogens with zero attached hydrogens (tertiary/aromatic N) is 1. The van der Waals surface area contributed by atoms with Gasteiger partial charge in [0, 0.05) is 17.9 Å².